The highest BCUT2D eigenvalue weighted by Gasteiger charge is 2.35. The first-order valence-electron chi connectivity index (χ1n) is 10.0. The third-order valence-electron chi connectivity index (χ3n) is 4.90. The molecule has 2 amide bonds. The number of amides is 2. The highest BCUT2D eigenvalue weighted by molar-refractivity contribution is 8.18. The first-order chi connectivity index (χ1) is 16.4. The van der Waals surface area contributed by atoms with E-state index < -0.39 is 5.97 Å². The number of thioether (sulfide) groups is 1. The highest BCUT2D eigenvalue weighted by Crippen LogP contribution is 2.35. The molecule has 1 saturated heterocycles. The molecule has 1 aliphatic heterocycles. The van der Waals surface area contributed by atoms with Gasteiger partial charge < -0.3 is 9.47 Å². The van der Waals surface area contributed by atoms with Gasteiger partial charge in [-0.1, -0.05) is 59.6 Å². The summed E-state index contributed by atoms with van der Waals surface area (Å²) in [6, 6.07) is 18.5. The van der Waals surface area contributed by atoms with Crippen molar-refractivity contribution in [3.8, 4) is 11.5 Å². The predicted molar refractivity (Wildman–Crippen MR) is 132 cm³/mol. The molecule has 3 aromatic carbocycles. The Balaban J connectivity index is 1.52. The number of rotatable bonds is 6. The summed E-state index contributed by atoms with van der Waals surface area (Å²) in [5, 5.41) is 0.230. The molecule has 0 aromatic heterocycles. The van der Waals surface area contributed by atoms with E-state index in [2.05, 4.69) is 0 Å². The van der Waals surface area contributed by atoms with Crippen LogP contribution < -0.4 is 9.47 Å². The van der Waals surface area contributed by atoms with Gasteiger partial charge >= 0.3 is 5.97 Å². The molecule has 0 N–H and O–H groups in total. The number of methoxy groups -OCH3 is 1. The van der Waals surface area contributed by atoms with E-state index in [0.717, 1.165) is 17.3 Å². The quantitative estimate of drug-likeness (QED) is 0.214. The third kappa shape index (κ3) is 5.28. The number of halogens is 2. The second-order valence-electron chi connectivity index (χ2n) is 7.18. The van der Waals surface area contributed by atoms with Gasteiger partial charge in [0.25, 0.3) is 11.1 Å². The zero-order valence-electron chi connectivity index (χ0n) is 17.8. The van der Waals surface area contributed by atoms with Crippen molar-refractivity contribution >= 4 is 58.2 Å². The molecule has 4 rings (SSSR count). The Kier molecular flexibility index (Phi) is 7.26. The van der Waals surface area contributed by atoms with Gasteiger partial charge in [-0.2, -0.15) is 0 Å². The second-order valence-corrected chi connectivity index (χ2v) is 9.01. The van der Waals surface area contributed by atoms with Crippen molar-refractivity contribution in [3.63, 3.8) is 0 Å². The Morgan fingerprint density at radius 3 is 2.47 bits per heavy atom. The number of esters is 1. The van der Waals surface area contributed by atoms with Crippen LogP contribution in [-0.4, -0.2) is 29.1 Å². The van der Waals surface area contributed by atoms with E-state index in [1.54, 1.807) is 24.3 Å². The molecule has 6 nitrogen and oxygen atoms in total. The molecule has 0 atom stereocenters. The molecule has 0 unspecified atom stereocenters. The largest absolute Gasteiger partial charge is 0.493 e. The molecule has 1 aliphatic rings. The van der Waals surface area contributed by atoms with Gasteiger partial charge in [0.15, 0.2) is 11.5 Å². The molecule has 3 aromatic rings. The number of ether oxygens (including phenoxy) is 2. The maximum Gasteiger partial charge on any atom is 0.345 e. The van der Waals surface area contributed by atoms with Gasteiger partial charge in [0.2, 0.25) is 0 Å². The molecule has 0 saturated carbocycles. The minimum atomic E-state index is -0.672. The number of hydrogen-bond acceptors (Lipinski definition) is 6. The monoisotopic (exact) mass is 513 g/mol. The van der Waals surface area contributed by atoms with E-state index in [4.69, 9.17) is 32.7 Å². The SMILES string of the molecule is COc1cc(/C=C2\SC(=O)N(Cc3ccccc3)C2=O)ccc1OC(=O)c1ccc(Cl)cc1Cl. The average molecular weight is 514 g/mol. The van der Waals surface area contributed by atoms with E-state index in [9.17, 15) is 14.4 Å². The van der Waals surface area contributed by atoms with Crippen molar-refractivity contribution in [2.45, 2.75) is 6.54 Å². The molecular formula is C25H17Cl2NO5S. The minimum Gasteiger partial charge on any atom is -0.493 e. The molecule has 0 radical (unpaired) electrons. The maximum absolute atomic E-state index is 12.8. The smallest absolute Gasteiger partial charge is 0.345 e. The van der Waals surface area contributed by atoms with Crippen LogP contribution in [0.1, 0.15) is 21.5 Å². The number of benzene rings is 3. The van der Waals surface area contributed by atoms with E-state index in [0.29, 0.717) is 15.5 Å². The number of carbonyl (C=O) groups excluding carboxylic acids is 3. The van der Waals surface area contributed by atoms with Gasteiger partial charge in [0.05, 0.1) is 29.1 Å². The van der Waals surface area contributed by atoms with Gasteiger partial charge in [0.1, 0.15) is 0 Å². The lowest BCUT2D eigenvalue weighted by atomic mass is 10.1. The lowest BCUT2D eigenvalue weighted by Gasteiger charge is -2.12. The van der Waals surface area contributed by atoms with Gasteiger partial charge in [-0.25, -0.2) is 4.79 Å². The van der Waals surface area contributed by atoms with Crippen molar-refractivity contribution < 1.29 is 23.9 Å². The van der Waals surface area contributed by atoms with Gasteiger partial charge in [-0.3, -0.25) is 14.5 Å². The van der Waals surface area contributed by atoms with Crippen LogP contribution in [0, 0.1) is 0 Å². The van der Waals surface area contributed by atoms with E-state index >= 15 is 0 Å². The van der Waals surface area contributed by atoms with E-state index in [1.165, 1.54) is 30.2 Å². The van der Waals surface area contributed by atoms with Crippen LogP contribution in [0.4, 0.5) is 4.79 Å². The number of imide groups is 1. The molecule has 172 valence electrons. The fraction of sp³-hybridized carbons (Fsp3) is 0.0800. The summed E-state index contributed by atoms with van der Waals surface area (Å²) in [4.78, 5) is 39.2. The Labute approximate surface area is 210 Å². The van der Waals surface area contributed by atoms with Crippen LogP contribution in [0.5, 0.6) is 11.5 Å². The molecule has 0 aliphatic carbocycles. The standard InChI is InChI=1S/C25H17Cl2NO5S/c1-32-21-11-16(7-10-20(21)33-24(30)18-9-8-17(26)13-19(18)27)12-22-23(29)28(25(31)34-22)14-15-5-3-2-4-6-15/h2-13H,14H2,1H3/b22-12-. The molecular weight excluding hydrogens is 497 g/mol. The lowest BCUT2D eigenvalue weighted by molar-refractivity contribution is -0.123. The second kappa shape index (κ2) is 10.3. The lowest BCUT2D eigenvalue weighted by Crippen LogP contribution is -2.27. The summed E-state index contributed by atoms with van der Waals surface area (Å²) in [7, 11) is 1.43. The Bertz CT molecular complexity index is 1310. The third-order valence-corrected chi connectivity index (χ3v) is 6.35. The molecule has 1 heterocycles. The summed E-state index contributed by atoms with van der Waals surface area (Å²) in [5.41, 5.74) is 1.62. The molecule has 9 heteroatoms. The van der Waals surface area contributed by atoms with Gasteiger partial charge in [-0.15, -0.1) is 0 Å². The zero-order chi connectivity index (χ0) is 24.2. The van der Waals surface area contributed by atoms with Crippen LogP contribution in [-0.2, 0) is 11.3 Å². The van der Waals surface area contributed by atoms with Crippen molar-refractivity contribution in [2.24, 2.45) is 0 Å². The predicted octanol–water partition coefficient (Wildman–Crippen LogP) is 6.46. The topological polar surface area (TPSA) is 72.9 Å². The molecule has 34 heavy (non-hydrogen) atoms. The van der Waals surface area contributed by atoms with Gasteiger partial charge in [-0.05, 0) is 59.3 Å². The average Bonchev–Trinajstić information content (AvgIpc) is 3.07. The summed E-state index contributed by atoms with van der Waals surface area (Å²) in [6.07, 6.45) is 1.60. The van der Waals surface area contributed by atoms with E-state index in [-0.39, 0.29) is 39.8 Å². The van der Waals surface area contributed by atoms with Crippen molar-refractivity contribution in [3.05, 3.63) is 98.4 Å². The van der Waals surface area contributed by atoms with Crippen LogP contribution in [0.15, 0.2) is 71.6 Å². The fourth-order valence-corrected chi connectivity index (χ4v) is 4.55. The van der Waals surface area contributed by atoms with Crippen molar-refractivity contribution in [1.29, 1.82) is 0 Å². The zero-order valence-corrected chi connectivity index (χ0v) is 20.1. The minimum absolute atomic E-state index is 0.157. The molecule has 0 bridgehead atoms. The van der Waals surface area contributed by atoms with Crippen molar-refractivity contribution in [2.75, 3.05) is 7.11 Å². The van der Waals surface area contributed by atoms with E-state index in [1.807, 2.05) is 30.3 Å². The Morgan fingerprint density at radius 2 is 1.76 bits per heavy atom. The summed E-state index contributed by atoms with van der Waals surface area (Å²) < 4.78 is 10.8. The number of hydrogen-bond donors (Lipinski definition) is 0. The number of nitrogens with zero attached hydrogens (tertiary/aromatic N) is 1. The normalized spacial score (nSPS) is 14.6. The highest BCUT2D eigenvalue weighted by atomic mass is 35.5. The van der Waals surface area contributed by atoms with Gasteiger partial charge in [0, 0.05) is 5.02 Å². The first-order valence-corrected chi connectivity index (χ1v) is 11.6. The van der Waals surface area contributed by atoms with Crippen LogP contribution >= 0.6 is 35.0 Å². The van der Waals surface area contributed by atoms with Crippen molar-refractivity contribution in [1.82, 2.24) is 4.90 Å². The summed E-state index contributed by atoms with van der Waals surface area (Å²) in [5.74, 6) is -0.594. The van der Waals surface area contributed by atoms with Crippen LogP contribution in [0.25, 0.3) is 6.08 Å². The molecule has 1 fully saturated rings. The number of carbonyl (C=O) groups is 3. The summed E-state index contributed by atoms with van der Waals surface area (Å²) in [6.45, 7) is 0.203. The molecule has 0 spiro atoms. The van der Waals surface area contributed by atoms with Crippen LogP contribution in [0.3, 0.4) is 0 Å². The summed E-state index contributed by atoms with van der Waals surface area (Å²) >= 11 is 12.8. The maximum atomic E-state index is 12.8. The first kappa shape index (κ1) is 23.9. The fourth-order valence-electron chi connectivity index (χ4n) is 3.22. The van der Waals surface area contributed by atoms with Crippen LogP contribution in [0.2, 0.25) is 10.0 Å². The Morgan fingerprint density at radius 1 is 1.00 bits per heavy atom. The Hall–Kier alpha value is -3.26.